The van der Waals surface area contributed by atoms with Gasteiger partial charge in [0.2, 0.25) is 17.7 Å². The fourth-order valence-corrected chi connectivity index (χ4v) is 3.98. The number of nitrogens with two attached hydrogens (primary N) is 1. The van der Waals surface area contributed by atoms with E-state index in [-0.39, 0.29) is 18.7 Å². The zero-order valence-corrected chi connectivity index (χ0v) is 24.9. The molecule has 0 radical (unpaired) electrons. The Kier molecular flexibility index (Phi) is 21.5. The van der Waals surface area contributed by atoms with Crippen LogP contribution in [0.2, 0.25) is 0 Å². The number of carboxylic acids is 3. The second kappa shape index (κ2) is 23.3. The topological polar surface area (TPSA) is 234 Å². The second-order valence-electron chi connectivity index (χ2n) is 10.5. The number of hydrogen-bond acceptors (Lipinski definition) is 8. The Morgan fingerprint density at radius 3 is 1.64 bits per heavy atom. The van der Waals surface area contributed by atoms with Gasteiger partial charge in [0.05, 0.1) is 13.2 Å². The van der Waals surface area contributed by atoms with E-state index in [2.05, 4.69) is 22.9 Å². The lowest BCUT2D eigenvalue weighted by atomic mass is 10.1. The molecule has 42 heavy (non-hydrogen) atoms. The highest BCUT2D eigenvalue weighted by Crippen LogP contribution is 2.12. The predicted octanol–water partition coefficient (Wildman–Crippen LogP) is 1.54. The van der Waals surface area contributed by atoms with Gasteiger partial charge in [0, 0.05) is 12.8 Å². The monoisotopic (exact) mass is 602 g/mol. The first-order valence-electron chi connectivity index (χ1n) is 14.8. The molecule has 4 atom stereocenters. The van der Waals surface area contributed by atoms with Gasteiger partial charge in [-0.25, -0.2) is 9.59 Å². The van der Waals surface area contributed by atoms with Crippen molar-refractivity contribution in [2.75, 3.05) is 13.2 Å². The lowest BCUT2D eigenvalue weighted by Gasteiger charge is -2.19. The van der Waals surface area contributed by atoms with Crippen molar-refractivity contribution >= 4 is 35.6 Å². The van der Waals surface area contributed by atoms with E-state index in [0.29, 0.717) is 6.42 Å². The lowest BCUT2D eigenvalue weighted by Crippen LogP contribution is -2.51. The lowest BCUT2D eigenvalue weighted by molar-refractivity contribution is -0.145. The molecule has 242 valence electrons. The molecule has 0 aliphatic carbocycles. The third-order valence-electron chi connectivity index (χ3n) is 6.59. The van der Waals surface area contributed by atoms with Crippen LogP contribution in [0.25, 0.3) is 0 Å². The number of rotatable bonds is 26. The Morgan fingerprint density at radius 2 is 1.14 bits per heavy atom. The van der Waals surface area contributed by atoms with Crippen LogP contribution in [0.1, 0.15) is 104 Å². The van der Waals surface area contributed by atoms with Crippen molar-refractivity contribution in [3.8, 4) is 0 Å². The number of aliphatic carboxylic acids is 3. The molecule has 0 heterocycles. The predicted molar refractivity (Wildman–Crippen MR) is 153 cm³/mol. The van der Waals surface area contributed by atoms with Gasteiger partial charge in [0.25, 0.3) is 0 Å². The van der Waals surface area contributed by atoms with Crippen LogP contribution in [0.4, 0.5) is 0 Å². The maximum atomic E-state index is 12.4. The molecule has 0 fully saturated rings. The van der Waals surface area contributed by atoms with Gasteiger partial charge in [-0.2, -0.15) is 0 Å². The smallest absolute Gasteiger partial charge is 0.328 e. The molecular formula is C28H50N4O10. The van der Waals surface area contributed by atoms with Crippen molar-refractivity contribution < 1.29 is 48.8 Å². The van der Waals surface area contributed by atoms with E-state index in [4.69, 9.17) is 15.6 Å². The number of carboxylic acid groups (broad SMARTS) is 3. The van der Waals surface area contributed by atoms with E-state index in [1.54, 1.807) is 0 Å². The van der Waals surface area contributed by atoms with Crippen molar-refractivity contribution in [2.24, 2.45) is 5.73 Å². The number of carbonyl (C=O) groups excluding carboxylic acids is 3. The molecule has 0 aromatic carbocycles. The first kappa shape index (κ1) is 38.7. The van der Waals surface area contributed by atoms with Crippen LogP contribution in [0.15, 0.2) is 0 Å². The molecule has 0 aliphatic rings. The minimum atomic E-state index is -1.52. The third kappa shape index (κ3) is 19.8. The Bertz CT molecular complexity index is 855. The van der Waals surface area contributed by atoms with E-state index in [0.717, 1.165) is 19.3 Å². The minimum Gasteiger partial charge on any atom is -0.480 e. The van der Waals surface area contributed by atoms with Crippen molar-refractivity contribution in [2.45, 2.75) is 128 Å². The quantitative estimate of drug-likeness (QED) is 0.0701. The number of ether oxygens (including phenoxy) is 1. The average molecular weight is 603 g/mol. The molecule has 0 aromatic heterocycles. The summed E-state index contributed by atoms with van der Waals surface area (Å²) in [6.45, 7) is 2.59. The largest absolute Gasteiger partial charge is 0.480 e. The highest BCUT2D eigenvalue weighted by Gasteiger charge is 2.26. The Hall–Kier alpha value is -3.26. The van der Waals surface area contributed by atoms with Crippen LogP contribution in [0.5, 0.6) is 0 Å². The molecule has 0 rings (SSSR count). The van der Waals surface area contributed by atoms with Crippen LogP contribution in [-0.4, -0.2) is 88.3 Å². The molecule has 0 unspecified atom stereocenters. The number of nitrogens with one attached hydrogen (secondary N) is 3. The summed E-state index contributed by atoms with van der Waals surface area (Å²) >= 11 is 0. The van der Waals surface area contributed by atoms with E-state index in [1.807, 2.05) is 0 Å². The highest BCUT2D eigenvalue weighted by atomic mass is 16.5. The van der Waals surface area contributed by atoms with Crippen molar-refractivity contribution in [1.29, 1.82) is 0 Å². The van der Waals surface area contributed by atoms with Gasteiger partial charge in [-0.3, -0.25) is 19.2 Å². The number of carbonyl (C=O) groups is 6. The van der Waals surface area contributed by atoms with Gasteiger partial charge in [-0.05, 0) is 19.8 Å². The van der Waals surface area contributed by atoms with Gasteiger partial charge in [0.1, 0.15) is 18.1 Å². The molecular weight excluding hydrogens is 552 g/mol. The van der Waals surface area contributed by atoms with Crippen LogP contribution >= 0.6 is 0 Å². The zero-order valence-electron chi connectivity index (χ0n) is 24.9. The maximum Gasteiger partial charge on any atom is 0.328 e. The van der Waals surface area contributed by atoms with Crippen molar-refractivity contribution in [3.05, 3.63) is 0 Å². The van der Waals surface area contributed by atoms with E-state index < -0.39 is 73.5 Å². The number of amides is 3. The Morgan fingerprint density at radius 1 is 0.643 bits per heavy atom. The van der Waals surface area contributed by atoms with Crippen LogP contribution in [-0.2, 0) is 33.5 Å². The fourth-order valence-electron chi connectivity index (χ4n) is 3.98. The molecule has 0 aliphatic heterocycles. The molecule has 14 heteroatoms. The van der Waals surface area contributed by atoms with Crippen molar-refractivity contribution in [3.63, 3.8) is 0 Å². The Labute approximate surface area is 247 Å². The highest BCUT2D eigenvalue weighted by molar-refractivity contribution is 5.90. The molecule has 0 spiro atoms. The number of hydrogen-bond donors (Lipinski definition) is 7. The zero-order chi connectivity index (χ0) is 31.9. The van der Waals surface area contributed by atoms with E-state index >= 15 is 0 Å². The summed E-state index contributed by atoms with van der Waals surface area (Å²) in [4.78, 5) is 70.5. The van der Waals surface area contributed by atoms with E-state index in [1.165, 1.54) is 51.9 Å². The summed E-state index contributed by atoms with van der Waals surface area (Å²) in [5.74, 6) is -6.06. The second-order valence-corrected chi connectivity index (χ2v) is 10.5. The molecule has 3 amide bonds. The fraction of sp³-hybridized carbons (Fsp3) is 0.786. The van der Waals surface area contributed by atoms with Crippen LogP contribution in [0, 0.1) is 0 Å². The van der Waals surface area contributed by atoms with Gasteiger partial charge >= 0.3 is 17.9 Å². The summed E-state index contributed by atoms with van der Waals surface area (Å²) in [6, 6.07) is -5.34. The standard InChI is InChI=1S/C28H50N4O10/c1-3-4-5-6-7-8-9-10-11-12-13-14-23(33)30-19(2)25(35)32-21(27(38)39)15-16-24(34)31-22(28(40)41)18-42-17-20(29)26(36)37/h19-22H,3-18,29H2,1-2H3,(H,30,33)(H,31,34)(H,32,35)(H,36,37)(H,38,39)(H,40,41)/t19-,20+,21+,22-/m0/s1. The number of unbranched alkanes of at least 4 members (excludes halogenated alkanes) is 10. The van der Waals surface area contributed by atoms with E-state index in [9.17, 15) is 39.0 Å². The van der Waals surface area contributed by atoms with Gasteiger partial charge in [0.15, 0.2) is 6.04 Å². The summed E-state index contributed by atoms with van der Waals surface area (Å²) < 4.78 is 4.93. The molecule has 0 saturated carbocycles. The molecule has 0 saturated heterocycles. The van der Waals surface area contributed by atoms with Crippen LogP contribution in [0.3, 0.4) is 0 Å². The molecule has 0 bridgehead atoms. The molecule has 0 aromatic rings. The maximum absolute atomic E-state index is 12.4. The van der Waals surface area contributed by atoms with Gasteiger partial charge in [-0.15, -0.1) is 0 Å². The molecule has 8 N–H and O–H groups in total. The summed E-state index contributed by atoms with van der Waals surface area (Å²) in [5.41, 5.74) is 5.26. The summed E-state index contributed by atoms with van der Waals surface area (Å²) in [7, 11) is 0. The minimum absolute atomic E-state index is 0.258. The van der Waals surface area contributed by atoms with Gasteiger partial charge in [-0.1, -0.05) is 71.1 Å². The van der Waals surface area contributed by atoms with Crippen molar-refractivity contribution in [1.82, 2.24) is 16.0 Å². The summed E-state index contributed by atoms with van der Waals surface area (Å²) in [5, 5.41) is 34.4. The first-order valence-corrected chi connectivity index (χ1v) is 14.8. The Balaban J connectivity index is 4.36. The van der Waals surface area contributed by atoms with Gasteiger partial charge < -0.3 is 41.7 Å². The third-order valence-corrected chi connectivity index (χ3v) is 6.59. The van der Waals surface area contributed by atoms with Crippen LogP contribution < -0.4 is 21.7 Å². The summed E-state index contributed by atoms with van der Waals surface area (Å²) in [6.07, 6.45) is 12.1. The molecule has 14 nitrogen and oxygen atoms in total. The normalized spacial score (nSPS) is 13.8. The SMILES string of the molecule is CCCCCCCCCCCCCC(=O)N[C@@H](C)C(=O)N[C@H](CCC(=O)N[C@@H](COC[C@@H](N)C(=O)O)C(=O)O)C(=O)O. The average Bonchev–Trinajstić information content (AvgIpc) is 2.92. The first-order chi connectivity index (χ1) is 19.9.